The van der Waals surface area contributed by atoms with E-state index in [1.54, 1.807) is 13.2 Å². The number of anilines is 2. The molecule has 3 aromatic rings. The van der Waals surface area contributed by atoms with Gasteiger partial charge in [0.15, 0.2) is 5.69 Å². The number of pyridine rings is 1. The first-order chi connectivity index (χ1) is 11.6. The van der Waals surface area contributed by atoms with Gasteiger partial charge in [0.25, 0.3) is 0 Å². The van der Waals surface area contributed by atoms with Gasteiger partial charge in [0.05, 0.1) is 19.9 Å². The van der Waals surface area contributed by atoms with E-state index in [-0.39, 0.29) is 5.69 Å². The number of para-hydroxylation sites is 2. The maximum atomic E-state index is 12.0. The lowest BCUT2D eigenvalue weighted by molar-refractivity contribution is 0.0594. The van der Waals surface area contributed by atoms with Crippen molar-refractivity contribution in [2.24, 2.45) is 0 Å². The summed E-state index contributed by atoms with van der Waals surface area (Å²) in [6.45, 7) is 2.02. The van der Waals surface area contributed by atoms with Crippen LogP contribution in [0.25, 0.3) is 10.9 Å². The van der Waals surface area contributed by atoms with Crippen molar-refractivity contribution in [3.8, 4) is 5.75 Å². The molecule has 1 aromatic heterocycles. The molecule has 0 spiro atoms. The SMILES string of the molecule is COC(=O)c1cc(Nc2ccccc2C)c2cccc(OC)c2n1. The lowest BCUT2D eigenvalue weighted by atomic mass is 10.1. The summed E-state index contributed by atoms with van der Waals surface area (Å²) in [5, 5.41) is 4.25. The van der Waals surface area contributed by atoms with Gasteiger partial charge in [0.2, 0.25) is 0 Å². The Bertz CT molecular complexity index is 906. The van der Waals surface area contributed by atoms with Crippen LogP contribution in [0, 0.1) is 6.92 Å². The second-order valence-corrected chi connectivity index (χ2v) is 5.34. The second-order valence-electron chi connectivity index (χ2n) is 5.34. The third kappa shape index (κ3) is 2.88. The quantitative estimate of drug-likeness (QED) is 0.733. The number of methoxy groups -OCH3 is 2. The second kappa shape index (κ2) is 6.58. The average molecular weight is 322 g/mol. The van der Waals surface area contributed by atoms with Crippen molar-refractivity contribution in [2.45, 2.75) is 6.92 Å². The molecule has 0 radical (unpaired) electrons. The number of fused-ring (bicyclic) bond motifs is 1. The van der Waals surface area contributed by atoms with Crippen molar-refractivity contribution in [2.75, 3.05) is 19.5 Å². The van der Waals surface area contributed by atoms with Gasteiger partial charge in [-0.25, -0.2) is 9.78 Å². The number of hydrogen-bond acceptors (Lipinski definition) is 5. The predicted octanol–water partition coefficient (Wildman–Crippen LogP) is 4.08. The number of esters is 1. The predicted molar refractivity (Wildman–Crippen MR) is 94.1 cm³/mol. The van der Waals surface area contributed by atoms with E-state index in [0.717, 1.165) is 22.3 Å². The highest BCUT2D eigenvalue weighted by Crippen LogP contribution is 2.32. The zero-order valence-electron chi connectivity index (χ0n) is 13.8. The first-order valence-corrected chi connectivity index (χ1v) is 7.52. The number of aromatic nitrogens is 1. The summed E-state index contributed by atoms with van der Waals surface area (Å²) < 4.78 is 10.2. The van der Waals surface area contributed by atoms with Crippen LogP contribution in [0.4, 0.5) is 11.4 Å². The molecule has 3 rings (SSSR count). The molecule has 5 nitrogen and oxygen atoms in total. The topological polar surface area (TPSA) is 60.5 Å². The van der Waals surface area contributed by atoms with E-state index in [4.69, 9.17) is 9.47 Å². The number of rotatable bonds is 4. The number of aryl methyl sites for hydroxylation is 1. The smallest absolute Gasteiger partial charge is 0.356 e. The van der Waals surface area contributed by atoms with Gasteiger partial charge in [-0.1, -0.05) is 30.3 Å². The van der Waals surface area contributed by atoms with Crippen LogP contribution < -0.4 is 10.1 Å². The van der Waals surface area contributed by atoms with Crippen molar-refractivity contribution in [1.29, 1.82) is 0 Å². The molecule has 0 atom stereocenters. The summed E-state index contributed by atoms with van der Waals surface area (Å²) in [7, 11) is 2.92. The third-order valence-corrected chi connectivity index (χ3v) is 3.83. The highest BCUT2D eigenvalue weighted by Gasteiger charge is 2.15. The van der Waals surface area contributed by atoms with Gasteiger partial charge < -0.3 is 14.8 Å². The summed E-state index contributed by atoms with van der Waals surface area (Å²) in [6.07, 6.45) is 0. The zero-order valence-corrected chi connectivity index (χ0v) is 13.8. The van der Waals surface area contributed by atoms with Crippen molar-refractivity contribution in [1.82, 2.24) is 4.98 Å². The van der Waals surface area contributed by atoms with E-state index >= 15 is 0 Å². The molecule has 0 unspecified atom stereocenters. The van der Waals surface area contributed by atoms with Crippen LogP contribution in [-0.2, 0) is 4.74 Å². The Morgan fingerprint density at radius 3 is 2.54 bits per heavy atom. The van der Waals surface area contributed by atoms with E-state index in [1.165, 1.54) is 7.11 Å². The zero-order chi connectivity index (χ0) is 17.1. The Hall–Kier alpha value is -3.08. The minimum atomic E-state index is -0.490. The van der Waals surface area contributed by atoms with Crippen molar-refractivity contribution < 1.29 is 14.3 Å². The van der Waals surface area contributed by atoms with Crippen LogP contribution in [0.1, 0.15) is 16.1 Å². The molecule has 1 heterocycles. The molecular formula is C19H18N2O3. The molecule has 0 bridgehead atoms. The van der Waals surface area contributed by atoms with E-state index in [9.17, 15) is 4.79 Å². The van der Waals surface area contributed by atoms with Gasteiger partial charge in [0.1, 0.15) is 11.3 Å². The summed E-state index contributed by atoms with van der Waals surface area (Å²) in [4.78, 5) is 16.4. The molecule has 5 heteroatoms. The van der Waals surface area contributed by atoms with Gasteiger partial charge in [0, 0.05) is 11.1 Å². The summed E-state index contributed by atoms with van der Waals surface area (Å²) >= 11 is 0. The highest BCUT2D eigenvalue weighted by atomic mass is 16.5. The first kappa shape index (κ1) is 15.8. The number of ether oxygens (including phenoxy) is 2. The average Bonchev–Trinajstić information content (AvgIpc) is 2.62. The number of nitrogens with zero attached hydrogens (tertiary/aromatic N) is 1. The maximum absolute atomic E-state index is 12.0. The van der Waals surface area contributed by atoms with Crippen LogP contribution in [0.2, 0.25) is 0 Å². The number of carbonyl (C=O) groups excluding carboxylic acids is 1. The Kier molecular flexibility index (Phi) is 4.33. The third-order valence-electron chi connectivity index (χ3n) is 3.83. The molecule has 0 saturated heterocycles. The number of benzene rings is 2. The van der Waals surface area contributed by atoms with Crippen molar-refractivity contribution in [3.05, 3.63) is 59.8 Å². The molecular weight excluding hydrogens is 304 g/mol. The number of carbonyl (C=O) groups is 1. The molecule has 1 N–H and O–H groups in total. The van der Waals surface area contributed by atoms with Crippen LogP contribution >= 0.6 is 0 Å². The van der Waals surface area contributed by atoms with Gasteiger partial charge in [-0.3, -0.25) is 0 Å². The molecule has 122 valence electrons. The van der Waals surface area contributed by atoms with Gasteiger partial charge in [-0.15, -0.1) is 0 Å². The molecule has 0 saturated carbocycles. The summed E-state index contributed by atoms with van der Waals surface area (Å²) in [6, 6.07) is 15.3. The number of hydrogen-bond donors (Lipinski definition) is 1. The standard InChI is InChI=1S/C19H18N2O3/c1-12-7-4-5-9-14(12)20-15-11-16(19(22)24-3)21-18-13(15)8-6-10-17(18)23-2/h4-11H,1-3H3,(H,20,21). The Morgan fingerprint density at radius 1 is 1.04 bits per heavy atom. The first-order valence-electron chi connectivity index (χ1n) is 7.52. The largest absolute Gasteiger partial charge is 0.494 e. The fourth-order valence-electron chi connectivity index (χ4n) is 2.56. The van der Waals surface area contributed by atoms with E-state index in [1.807, 2.05) is 49.4 Å². The molecule has 2 aromatic carbocycles. The van der Waals surface area contributed by atoms with Crippen LogP contribution in [0.5, 0.6) is 5.75 Å². The van der Waals surface area contributed by atoms with Crippen LogP contribution in [0.15, 0.2) is 48.5 Å². The molecule has 0 aliphatic carbocycles. The summed E-state index contributed by atoms with van der Waals surface area (Å²) in [5.41, 5.74) is 3.67. The van der Waals surface area contributed by atoms with Crippen molar-refractivity contribution in [3.63, 3.8) is 0 Å². The van der Waals surface area contributed by atoms with Crippen LogP contribution in [0.3, 0.4) is 0 Å². The van der Waals surface area contributed by atoms with Gasteiger partial charge in [-0.2, -0.15) is 0 Å². The normalized spacial score (nSPS) is 10.5. The highest BCUT2D eigenvalue weighted by molar-refractivity contribution is 6.01. The molecule has 0 aliphatic heterocycles. The van der Waals surface area contributed by atoms with Crippen LogP contribution in [-0.4, -0.2) is 25.2 Å². The minimum absolute atomic E-state index is 0.227. The summed E-state index contributed by atoms with van der Waals surface area (Å²) in [5.74, 6) is 0.113. The fourth-order valence-corrected chi connectivity index (χ4v) is 2.56. The van der Waals surface area contributed by atoms with E-state index in [0.29, 0.717) is 11.3 Å². The molecule has 0 aliphatic rings. The molecule has 24 heavy (non-hydrogen) atoms. The maximum Gasteiger partial charge on any atom is 0.356 e. The number of nitrogens with one attached hydrogen (secondary N) is 1. The van der Waals surface area contributed by atoms with Crippen molar-refractivity contribution >= 4 is 28.2 Å². The van der Waals surface area contributed by atoms with Gasteiger partial charge in [-0.05, 0) is 30.7 Å². The lowest BCUT2D eigenvalue weighted by Gasteiger charge is -2.14. The Labute approximate surface area is 140 Å². The minimum Gasteiger partial charge on any atom is -0.494 e. The Morgan fingerprint density at radius 2 is 1.83 bits per heavy atom. The van der Waals surface area contributed by atoms with E-state index < -0.39 is 5.97 Å². The van der Waals surface area contributed by atoms with E-state index in [2.05, 4.69) is 10.3 Å². The molecule has 0 fully saturated rings. The Balaban J connectivity index is 2.21. The molecule has 0 amide bonds. The monoisotopic (exact) mass is 322 g/mol. The van der Waals surface area contributed by atoms with Gasteiger partial charge >= 0.3 is 5.97 Å². The lowest BCUT2D eigenvalue weighted by Crippen LogP contribution is -2.06. The fraction of sp³-hybridized carbons (Fsp3) is 0.158.